The standard InChI is InChI=1S/C17H28Cl4Si2/c1-15-10-6-7-11-17(15)16(2)14-23(20,21)13-9-5-4-8-12-22(3,18)19/h6-7,10-11,16H,4-5,8-9,12-14H2,1-3H3. The molecule has 0 aromatic heterocycles. The van der Waals surface area contributed by atoms with E-state index in [-0.39, 0.29) is 0 Å². The molecular formula is C17H28Cl4Si2. The van der Waals surface area contributed by atoms with E-state index in [4.69, 9.17) is 44.3 Å². The lowest BCUT2D eigenvalue weighted by atomic mass is 9.98. The molecular weight excluding hydrogens is 402 g/mol. The van der Waals surface area contributed by atoms with Crippen LogP contribution in [0.4, 0.5) is 0 Å². The molecule has 0 saturated heterocycles. The van der Waals surface area contributed by atoms with Crippen molar-refractivity contribution in [3.63, 3.8) is 0 Å². The second-order valence-electron chi connectivity index (χ2n) is 6.80. The normalized spacial score (nSPS) is 14.0. The van der Waals surface area contributed by atoms with E-state index in [1.807, 2.05) is 6.55 Å². The van der Waals surface area contributed by atoms with Crippen LogP contribution in [0, 0.1) is 6.92 Å². The Labute approximate surface area is 162 Å². The third kappa shape index (κ3) is 9.76. The molecule has 1 aromatic carbocycles. The average molecular weight is 430 g/mol. The van der Waals surface area contributed by atoms with Gasteiger partial charge in [0.05, 0.1) is 0 Å². The third-order valence-electron chi connectivity index (χ3n) is 4.23. The molecule has 0 bridgehead atoms. The number of benzene rings is 1. The van der Waals surface area contributed by atoms with Gasteiger partial charge in [-0.2, -0.15) is 0 Å². The summed E-state index contributed by atoms with van der Waals surface area (Å²) < 4.78 is 0. The van der Waals surface area contributed by atoms with Gasteiger partial charge in [0.2, 0.25) is 6.69 Å². The Hall–Kier alpha value is 0.814. The topological polar surface area (TPSA) is 0 Å². The molecule has 23 heavy (non-hydrogen) atoms. The van der Waals surface area contributed by atoms with Gasteiger partial charge < -0.3 is 0 Å². The summed E-state index contributed by atoms with van der Waals surface area (Å²) in [5, 5.41) is 0. The molecule has 132 valence electrons. The number of aryl methyl sites for hydroxylation is 1. The molecule has 0 aliphatic carbocycles. The largest absolute Gasteiger partial charge is 0.251 e. The summed E-state index contributed by atoms with van der Waals surface area (Å²) in [6, 6.07) is 11.4. The molecule has 0 amide bonds. The van der Waals surface area contributed by atoms with Crippen molar-refractivity contribution in [3.05, 3.63) is 35.4 Å². The zero-order valence-corrected chi connectivity index (χ0v) is 19.4. The van der Waals surface area contributed by atoms with E-state index < -0.39 is 13.4 Å². The first-order chi connectivity index (χ1) is 10.6. The molecule has 1 rings (SSSR count). The third-order valence-corrected chi connectivity index (χ3v) is 11.0. The van der Waals surface area contributed by atoms with Crippen LogP contribution in [0.3, 0.4) is 0 Å². The molecule has 6 heteroatoms. The van der Waals surface area contributed by atoms with Crippen molar-refractivity contribution in [1.82, 2.24) is 0 Å². The van der Waals surface area contributed by atoms with Crippen LogP contribution in [-0.2, 0) is 0 Å². The molecule has 1 aromatic rings. The molecule has 0 heterocycles. The van der Waals surface area contributed by atoms with E-state index in [0.717, 1.165) is 31.0 Å². The van der Waals surface area contributed by atoms with Gasteiger partial charge in [0, 0.05) is 0 Å². The van der Waals surface area contributed by atoms with Crippen LogP contribution in [0.2, 0.25) is 24.7 Å². The van der Waals surface area contributed by atoms with Crippen LogP contribution in [0.15, 0.2) is 24.3 Å². The molecule has 1 unspecified atom stereocenters. The Kier molecular flexibility index (Phi) is 9.58. The summed E-state index contributed by atoms with van der Waals surface area (Å²) in [6.45, 7) is 2.29. The van der Waals surface area contributed by atoms with E-state index in [1.54, 1.807) is 0 Å². The van der Waals surface area contributed by atoms with E-state index in [9.17, 15) is 0 Å². The molecule has 0 aliphatic heterocycles. The summed E-state index contributed by atoms with van der Waals surface area (Å²) in [5.74, 6) is 0.428. The van der Waals surface area contributed by atoms with Gasteiger partial charge in [0.25, 0.3) is 6.69 Å². The van der Waals surface area contributed by atoms with Crippen molar-refractivity contribution < 1.29 is 0 Å². The monoisotopic (exact) mass is 428 g/mol. The zero-order chi connectivity index (χ0) is 17.5. The first-order valence-corrected chi connectivity index (χ1v) is 17.6. The molecule has 0 N–H and O–H groups in total. The van der Waals surface area contributed by atoms with Crippen LogP contribution in [0.25, 0.3) is 0 Å². The Morgan fingerprint density at radius 2 is 1.48 bits per heavy atom. The van der Waals surface area contributed by atoms with Crippen molar-refractivity contribution in [2.45, 2.75) is 70.1 Å². The second-order valence-corrected chi connectivity index (χ2v) is 22.6. The minimum atomic E-state index is -2.17. The Morgan fingerprint density at radius 1 is 0.913 bits per heavy atom. The van der Waals surface area contributed by atoms with Crippen LogP contribution in [0.1, 0.15) is 49.7 Å². The Balaban J connectivity index is 2.32. The Bertz CT molecular complexity index is 472. The summed E-state index contributed by atoms with van der Waals surface area (Å²) in [5.41, 5.74) is 2.70. The first kappa shape index (κ1) is 21.9. The number of hydrogen-bond donors (Lipinski definition) is 0. The summed E-state index contributed by atoms with van der Waals surface area (Å²) in [4.78, 5) is 0. The minimum absolute atomic E-state index is 0.428. The zero-order valence-electron chi connectivity index (χ0n) is 14.3. The maximum atomic E-state index is 6.69. The van der Waals surface area contributed by atoms with Gasteiger partial charge in [-0.1, -0.05) is 56.9 Å². The van der Waals surface area contributed by atoms with Crippen molar-refractivity contribution >= 4 is 57.7 Å². The highest BCUT2D eigenvalue weighted by atomic mass is 35.7. The van der Waals surface area contributed by atoms with Crippen LogP contribution < -0.4 is 0 Å². The van der Waals surface area contributed by atoms with Crippen molar-refractivity contribution in [3.8, 4) is 0 Å². The Morgan fingerprint density at radius 3 is 2.04 bits per heavy atom. The van der Waals surface area contributed by atoms with Gasteiger partial charge in [-0.15, -0.1) is 44.3 Å². The van der Waals surface area contributed by atoms with Crippen molar-refractivity contribution in [2.24, 2.45) is 0 Å². The fourth-order valence-electron chi connectivity index (χ4n) is 2.97. The molecule has 0 aliphatic rings. The fraction of sp³-hybridized carbons (Fsp3) is 0.647. The lowest BCUT2D eigenvalue weighted by molar-refractivity contribution is 0.694. The van der Waals surface area contributed by atoms with Gasteiger partial charge in [0.1, 0.15) is 0 Å². The van der Waals surface area contributed by atoms with E-state index >= 15 is 0 Å². The predicted molar refractivity (Wildman–Crippen MR) is 113 cm³/mol. The summed E-state index contributed by atoms with van der Waals surface area (Å²) in [7, 11) is 0. The highest BCUT2D eigenvalue weighted by Crippen LogP contribution is 2.36. The van der Waals surface area contributed by atoms with Gasteiger partial charge in [0.15, 0.2) is 0 Å². The number of hydrogen-bond acceptors (Lipinski definition) is 0. The van der Waals surface area contributed by atoms with Gasteiger partial charge >= 0.3 is 0 Å². The average Bonchev–Trinajstić information content (AvgIpc) is 2.41. The second kappa shape index (κ2) is 10.1. The summed E-state index contributed by atoms with van der Waals surface area (Å²) in [6.07, 6.45) is 4.58. The fourth-order valence-corrected chi connectivity index (χ4v) is 8.92. The van der Waals surface area contributed by atoms with E-state index in [2.05, 4.69) is 38.1 Å². The van der Waals surface area contributed by atoms with Gasteiger partial charge in [-0.05, 0) is 48.6 Å². The number of rotatable bonds is 10. The molecule has 0 nitrogen and oxygen atoms in total. The van der Waals surface area contributed by atoms with Crippen LogP contribution in [-0.4, -0.2) is 13.4 Å². The SMILES string of the molecule is Cc1ccccc1C(C)C[Si](Cl)(Cl)CCCCCC[Si](C)(Cl)Cl. The summed E-state index contributed by atoms with van der Waals surface area (Å²) >= 11 is 25.6. The lowest BCUT2D eigenvalue weighted by Gasteiger charge is -2.22. The van der Waals surface area contributed by atoms with Crippen molar-refractivity contribution in [1.29, 1.82) is 0 Å². The van der Waals surface area contributed by atoms with Crippen molar-refractivity contribution in [2.75, 3.05) is 0 Å². The molecule has 0 saturated carbocycles. The smallest absolute Gasteiger partial charge is 0.146 e. The minimum Gasteiger partial charge on any atom is -0.146 e. The molecule has 0 fully saturated rings. The van der Waals surface area contributed by atoms with Crippen LogP contribution >= 0.6 is 44.3 Å². The molecule has 0 spiro atoms. The highest BCUT2D eigenvalue weighted by molar-refractivity contribution is 7.45. The number of unbranched alkanes of at least 4 members (excludes halogenated alkanes) is 3. The number of halogens is 4. The lowest BCUT2D eigenvalue weighted by Crippen LogP contribution is -2.21. The van der Waals surface area contributed by atoms with Gasteiger partial charge in [-0.3, -0.25) is 0 Å². The maximum absolute atomic E-state index is 6.69. The predicted octanol–water partition coefficient (Wildman–Crippen LogP) is 8.13. The van der Waals surface area contributed by atoms with E-state index in [0.29, 0.717) is 5.92 Å². The maximum Gasteiger partial charge on any atom is 0.251 e. The quantitative estimate of drug-likeness (QED) is 0.200. The van der Waals surface area contributed by atoms with Crippen LogP contribution in [0.5, 0.6) is 0 Å². The highest BCUT2D eigenvalue weighted by Gasteiger charge is 2.30. The first-order valence-electron chi connectivity index (χ1n) is 8.42. The molecule has 0 radical (unpaired) electrons. The molecule has 1 atom stereocenters. The van der Waals surface area contributed by atoms with Gasteiger partial charge in [-0.25, -0.2) is 0 Å². The van der Waals surface area contributed by atoms with E-state index in [1.165, 1.54) is 24.0 Å².